The Kier molecular flexibility index (Phi) is 2.27. The van der Waals surface area contributed by atoms with Gasteiger partial charge in [0.15, 0.2) is 6.29 Å². The van der Waals surface area contributed by atoms with Crippen LogP contribution in [0.5, 0.6) is 0 Å². The van der Waals surface area contributed by atoms with E-state index < -0.39 is 6.29 Å². The van der Waals surface area contributed by atoms with Crippen molar-refractivity contribution in [1.29, 1.82) is 0 Å². The van der Waals surface area contributed by atoms with E-state index in [9.17, 15) is 0 Å². The van der Waals surface area contributed by atoms with E-state index in [4.69, 9.17) is 10.2 Å². The van der Waals surface area contributed by atoms with Gasteiger partial charge in [0.1, 0.15) is 0 Å². The molecule has 1 aromatic rings. The third kappa shape index (κ3) is 1.79. The Balaban J connectivity index is 3.05. The first-order valence-corrected chi connectivity index (χ1v) is 3.54. The smallest absolute Gasteiger partial charge is 0.178 e. The molecule has 0 aliphatic carbocycles. The number of hydrogen-bond acceptors (Lipinski definition) is 2. The van der Waals surface area contributed by atoms with E-state index in [1.807, 2.05) is 19.9 Å². The Morgan fingerprint density at radius 3 is 2.18 bits per heavy atom. The van der Waals surface area contributed by atoms with Gasteiger partial charge in [0, 0.05) is 5.56 Å². The topological polar surface area (TPSA) is 40.5 Å². The van der Waals surface area contributed by atoms with E-state index in [1.165, 1.54) is 0 Å². The summed E-state index contributed by atoms with van der Waals surface area (Å²) in [6.45, 7) is 3.93. The molecule has 11 heavy (non-hydrogen) atoms. The van der Waals surface area contributed by atoms with E-state index in [2.05, 4.69) is 0 Å². The number of aryl methyl sites for hydroxylation is 2. The average molecular weight is 152 g/mol. The third-order valence-corrected chi connectivity index (χ3v) is 1.83. The number of aliphatic hydroxyl groups is 2. The van der Waals surface area contributed by atoms with E-state index in [1.54, 1.807) is 12.1 Å². The molecule has 0 radical (unpaired) electrons. The highest BCUT2D eigenvalue weighted by Crippen LogP contribution is 2.14. The normalized spacial score (nSPS) is 10.6. The van der Waals surface area contributed by atoms with Crippen LogP contribution in [0.3, 0.4) is 0 Å². The minimum Gasteiger partial charge on any atom is -0.364 e. The molecule has 0 amide bonds. The Hall–Kier alpha value is -0.860. The van der Waals surface area contributed by atoms with Crippen molar-refractivity contribution in [1.82, 2.24) is 0 Å². The Morgan fingerprint density at radius 1 is 1.09 bits per heavy atom. The first-order chi connectivity index (χ1) is 5.11. The fourth-order valence-electron chi connectivity index (χ4n) is 0.925. The summed E-state index contributed by atoms with van der Waals surface area (Å²) in [5.41, 5.74) is 2.79. The van der Waals surface area contributed by atoms with Gasteiger partial charge in [0.05, 0.1) is 0 Å². The van der Waals surface area contributed by atoms with Gasteiger partial charge in [-0.3, -0.25) is 0 Å². The predicted octanol–water partition coefficient (Wildman–Crippen LogP) is 1.29. The quantitative estimate of drug-likeness (QED) is 0.595. The molecule has 0 saturated carbocycles. The van der Waals surface area contributed by atoms with Crippen LogP contribution in [-0.4, -0.2) is 10.2 Å². The Labute approximate surface area is 66.1 Å². The summed E-state index contributed by atoms with van der Waals surface area (Å²) < 4.78 is 0. The largest absolute Gasteiger partial charge is 0.364 e. The molecule has 1 rings (SSSR count). The van der Waals surface area contributed by atoms with Crippen LogP contribution in [0.25, 0.3) is 0 Å². The van der Waals surface area contributed by atoms with E-state index in [-0.39, 0.29) is 0 Å². The molecule has 0 heterocycles. The predicted molar refractivity (Wildman–Crippen MR) is 43.1 cm³/mol. The van der Waals surface area contributed by atoms with E-state index in [0.29, 0.717) is 5.56 Å². The van der Waals surface area contributed by atoms with Gasteiger partial charge in [-0.25, -0.2) is 0 Å². The monoisotopic (exact) mass is 152 g/mol. The highest BCUT2D eigenvalue weighted by Gasteiger charge is 2.02. The van der Waals surface area contributed by atoms with Crippen LogP contribution in [0.15, 0.2) is 18.2 Å². The number of hydrogen-bond donors (Lipinski definition) is 2. The van der Waals surface area contributed by atoms with Crippen molar-refractivity contribution < 1.29 is 10.2 Å². The van der Waals surface area contributed by atoms with Gasteiger partial charge in [0.2, 0.25) is 0 Å². The molecular formula is C9H12O2. The molecule has 0 aromatic heterocycles. The zero-order chi connectivity index (χ0) is 8.43. The van der Waals surface area contributed by atoms with Gasteiger partial charge in [-0.05, 0) is 25.0 Å². The summed E-state index contributed by atoms with van der Waals surface area (Å²) in [5, 5.41) is 17.6. The van der Waals surface area contributed by atoms with E-state index >= 15 is 0 Å². The molecule has 0 aliphatic rings. The van der Waals surface area contributed by atoms with Gasteiger partial charge in [-0.2, -0.15) is 0 Å². The SMILES string of the molecule is Cc1ccc(C(O)O)cc1C. The van der Waals surface area contributed by atoms with Crippen LogP contribution in [0.4, 0.5) is 0 Å². The van der Waals surface area contributed by atoms with Crippen molar-refractivity contribution in [3.8, 4) is 0 Å². The number of aliphatic hydroxyl groups excluding tert-OH is 1. The molecule has 0 atom stereocenters. The molecule has 0 spiro atoms. The van der Waals surface area contributed by atoms with Crippen molar-refractivity contribution in [2.75, 3.05) is 0 Å². The second-order valence-corrected chi connectivity index (χ2v) is 2.72. The average Bonchev–Trinajstić information content (AvgIpc) is 1.94. The zero-order valence-electron chi connectivity index (χ0n) is 6.70. The lowest BCUT2D eigenvalue weighted by Crippen LogP contribution is -1.95. The van der Waals surface area contributed by atoms with Crippen molar-refractivity contribution in [3.63, 3.8) is 0 Å². The van der Waals surface area contributed by atoms with Gasteiger partial charge in [0.25, 0.3) is 0 Å². The summed E-state index contributed by atoms with van der Waals surface area (Å²) in [6, 6.07) is 5.37. The fourth-order valence-corrected chi connectivity index (χ4v) is 0.925. The summed E-state index contributed by atoms with van der Waals surface area (Å²) in [7, 11) is 0. The van der Waals surface area contributed by atoms with Gasteiger partial charge in [-0.1, -0.05) is 18.2 Å². The first-order valence-electron chi connectivity index (χ1n) is 3.54. The second kappa shape index (κ2) is 3.03. The van der Waals surface area contributed by atoms with Crippen LogP contribution >= 0.6 is 0 Å². The summed E-state index contributed by atoms with van der Waals surface area (Å²) in [6.07, 6.45) is -1.35. The minimum atomic E-state index is -1.35. The molecule has 0 aliphatic heterocycles. The van der Waals surface area contributed by atoms with Crippen LogP contribution < -0.4 is 0 Å². The van der Waals surface area contributed by atoms with Gasteiger partial charge >= 0.3 is 0 Å². The summed E-state index contributed by atoms with van der Waals surface area (Å²) in [4.78, 5) is 0. The highest BCUT2D eigenvalue weighted by molar-refractivity contribution is 5.30. The minimum absolute atomic E-state index is 0.549. The lowest BCUT2D eigenvalue weighted by atomic mass is 10.1. The maximum absolute atomic E-state index is 8.79. The second-order valence-electron chi connectivity index (χ2n) is 2.72. The van der Waals surface area contributed by atoms with Crippen LogP contribution in [0.1, 0.15) is 23.0 Å². The molecule has 60 valence electrons. The fraction of sp³-hybridized carbons (Fsp3) is 0.333. The van der Waals surface area contributed by atoms with Crippen molar-refractivity contribution in [3.05, 3.63) is 34.9 Å². The molecular weight excluding hydrogens is 140 g/mol. The lowest BCUT2D eigenvalue weighted by Gasteiger charge is -2.05. The maximum Gasteiger partial charge on any atom is 0.178 e. The van der Waals surface area contributed by atoms with Gasteiger partial charge < -0.3 is 10.2 Å². The standard InChI is InChI=1S/C9H12O2/c1-6-3-4-8(9(10)11)5-7(6)2/h3-5,9-11H,1-2H3. The molecule has 2 nitrogen and oxygen atoms in total. The lowest BCUT2D eigenvalue weighted by molar-refractivity contribution is -0.0425. The maximum atomic E-state index is 8.79. The Morgan fingerprint density at radius 2 is 1.73 bits per heavy atom. The Bertz CT molecular complexity index is 254. The van der Waals surface area contributed by atoms with Crippen molar-refractivity contribution >= 4 is 0 Å². The summed E-state index contributed by atoms with van der Waals surface area (Å²) >= 11 is 0. The molecule has 0 bridgehead atoms. The van der Waals surface area contributed by atoms with Crippen LogP contribution in [0, 0.1) is 13.8 Å². The number of rotatable bonds is 1. The molecule has 0 unspecified atom stereocenters. The highest BCUT2D eigenvalue weighted by atomic mass is 16.5. The zero-order valence-corrected chi connectivity index (χ0v) is 6.70. The van der Waals surface area contributed by atoms with Crippen LogP contribution in [-0.2, 0) is 0 Å². The van der Waals surface area contributed by atoms with Crippen molar-refractivity contribution in [2.24, 2.45) is 0 Å². The van der Waals surface area contributed by atoms with Gasteiger partial charge in [-0.15, -0.1) is 0 Å². The number of benzene rings is 1. The summed E-state index contributed by atoms with van der Waals surface area (Å²) in [5.74, 6) is 0. The van der Waals surface area contributed by atoms with Crippen molar-refractivity contribution in [2.45, 2.75) is 20.1 Å². The van der Waals surface area contributed by atoms with Crippen LogP contribution in [0.2, 0.25) is 0 Å². The molecule has 2 N–H and O–H groups in total. The molecule has 0 fully saturated rings. The van der Waals surface area contributed by atoms with E-state index in [0.717, 1.165) is 11.1 Å². The molecule has 0 saturated heterocycles. The molecule has 1 aromatic carbocycles. The first kappa shape index (κ1) is 8.24. The molecule has 2 heteroatoms. The third-order valence-electron chi connectivity index (χ3n) is 1.83.